The molecule has 1 N–H and O–H groups in total. The summed E-state index contributed by atoms with van der Waals surface area (Å²) >= 11 is 0. The van der Waals surface area contributed by atoms with E-state index in [4.69, 9.17) is 0 Å². The molecule has 0 saturated carbocycles. The summed E-state index contributed by atoms with van der Waals surface area (Å²) < 4.78 is 0. The molecule has 0 amide bonds. The lowest BCUT2D eigenvalue weighted by molar-refractivity contribution is 0.246. The van der Waals surface area contributed by atoms with Gasteiger partial charge >= 0.3 is 0 Å². The molecule has 6 nitrogen and oxygen atoms in total. The van der Waals surface area contributed by atoms with Crippen molar-refractivity contribution in [1.29, 1.82) is 0 Å². The zero-order chi connectivity index (χ0) is 13.9. The Hall–Kier alpha value is -1.95. The highest BCUT2D eigenvalue weighted by Crippen LogP contribution is 2.20. The average molecular weight is 272 g/mol. The topological polar surface area (TPSA) is 60.9 Å². The maximum absolute atomic E-state index is 4.44. The van der Waals surface area contributed by atoms with E-state index in [2.05, 4.69) is 36.9 Å². The monoisotopic (exact) mass is 272 g/mol. The van der Waals surface area contributed by atoms with Gasteiger partial charge in [0.1, 0.15) is 12.1 Å². The molecule has 0 aromatic carbocycles. The van der Waals surface area contributed by atoms with Crippen LogP contribution in [0.15, 0.2) is 18.6 Å². The highest BCUT2D eigenvalue weighted by Gasteiger charge is 2.20. The van der Waals surface area contributed by atoms with Gasteiger partial charge in [-0.15, -0.1) is 0 Å². The molecule has 0 unspecified atom stereocenters. The molecule has 1 saturated heterocycles. The minimum absolute atomic E-state index is 0.940. The van der Waals surface area contributed by atoms with E-state index in [1.807, 2.05) is 13.0 Å². The third-order valence-corrected chi connectivity index (χ3v) is 3.93. The molecule has 1 aliphatic rings. The molecule has 20 heavy (non-hydrogen) atoms. The molecular weight excluding hydrogens is 252 g/mol. The Morgan fingerprint density at radius 3 is 2.65 bits per heavy atom. The smallest absolute Gasteiger partial charge is 0.135 e. The summed E-state index contributed by atoms with van der Waals surface area (Å²) in [6.45, 7) is 9.17. The van der Waals surface area contributed by atoms with Crippen molar-refractivity contribution in [2.75, 3.05) is 31.1 Å². The van der Waals surface area contributed by atoms with E-state index in [1.54, 1.807) is 12.5 Å². The Labute approximate surface area is 118 Å². The van der Waals surface area contributed by atoms with Gasteiger partial charge in [-0.05, 0) is 19.9 Å². The molecule has 2 aromatic rings. The second-order valence-electron chi connectivity index (χ2n) is 5.25. The number of hydrogen-bond acceptors (Lipinski definition) is 5. The van der Waals surface area contributed by atoms with Gasteiger partial charge < -0.3 is 4.90 Å². The van der Waals surface area contributed by atoms with Gasteiger partial charge in [0.15, 0.2) is 0 Å². The van der Waals surface area contributed by atoms with Crippen LogP contribution in [0.2, 0.25) is 0 Å². The van der Waals surface area contributed by atoms with Crippen molar-refractivity contribution >= 4 is 5.82 Å². The van der Waals surface area contributed by atoms with Crippen molar-refractivity contribution in [2.45, 2.75) is 20.4 Å². The number of nitrogens with zero attached hydrogens (tertiary/aromatic N) is 5. The molecular formula is C14H20N6. The SMILES string of the molecule is Cc1ncnc(N2CCN(Cc3ccn[nH]3)CC2)c1C. The number of aryl methyl sites for hydroxylation is 1. The fourth-order valence-corrected chi connectivity index (χ4v) is 2.58. The summed E-state index contributed by atoms with van der Waals surface area (Å²) in [4.78, 5) is 13.5. The minimum Gasteiger partial charge on any atom is -0.354 e. The molecule has 0 spiro atoms. The largest absolute Gasteiger partial charge is 0.354 e. The summed E-state index contributed by atoms with van der Waals surface area (Å²) in [6, 6.07) is 2.03. The molecule has 1 fully saturated rings. The van der Waals surface area contributed by atoms with E-state index in [1.165, 1.54) is 11.3 Å². The number of aromatic nitrogens is 4. The molecule has 2 aromatic heterocycles. The quantitative estimate of drug-likeness (QED) is 0.908. The number of rotatable bonds is 3. The predicted octanol–water partition coefficient (Wildman–Crippen LogP) is 1.14. The molecule has 106 valence electrons. The Balaban J connectivity index is 1.62. The molecule has 0 atom stereocenters. The average Bonchev–Trinajstić information content (AvgIpc) is 2.96. The van der Waals surface area contributed by atoms with Gasteiger partial charge in [-0.3, -0.25) is 10.00 Å². The Morgan fingerprint density at radius 1 is 1.15 bits per heavy atom. The van der Waals surface area contributed by atoms with Gasteiger partial charge in [0.25, 0.3) is 0 Å². The molecule has 0 aliphatic carbocycles. The molecule has 3 heterocycles. The Kier molecular flexibility index (Phi) is 3.64. The van der Waals surface area contributed by atoms with E-state index in [9.17, 15) is 0 Å². The third-order valence-electron chi connectivity index (χ3n) is 3.93. The van der Waals surface area contributed by atoms with E-state index >= 15 is 0 Å². The molecule has 6 heteroatoms. The maximum Gasteiger partial charge on any atom is 0.135 e. The first-order chi connectivity index (χ1) is 9.74. The van der Waals surface area contributed by atoms with Gasteiger partial charge in [-0.1, -0.05) is 0 Å². The fourth-order valence-electron chi connectivity index (χ4n) is 2.58. The summed E-state index contributed by atoms with van der Waals surface area (Å²) in [7, 11) is 0. The Morgan fingerprint density at radius 2 is 1.95 bits per heavy atom. The molecule has 1 aliphatic heterocycles. The van der Waals surface area contributed by atoms with Crippen molar-refractivity contribution < 1.29 is 0 Å². The zero-order valence-electron chi connectivity index (χ0n) is 12.0. The molecule has 0 radical (unpaired) electrons. The first-order valence-corrected chi connectivity index (χ1v) is 6.98. The van der Waals surface area contributed by atoms with Crippen LogP contribution in [-0.4, -0.2) is 51.2 Å². The van der Waals surface area contributed by atoms with Crippen molar-refractivity contribution in [2.24, 2.45) is 0 Å². The van der Waals surface area contributed by atoms with Gasteiger partial charge in [0, 0.05) is 55.9 Å². The Bertz CT molecular complexity index is 557. The van der Waals surface area contributed by atoms with Crippen LogP contribution in [0.1, 0.15) is 17.0 Å². The number of piperazine rings is 1. The van der Waals surface area contributed by atoms with Crippen LogP contribution in [-0.2, 0) is 6.54 Å². The summed E-state index contributed by atoms with van der Waals surface area (Å²) in [6.07, 6.45) is 3.47. The van der Waals surface area contributed by atoms with Crippen molar-refractivity contribution in [3.63, 3.8) is 0 Å². The van der Waals surface area contributed by atoms with Gasteiger partial charge in [0.2, 0.25) is 0 Å². The van der Waals surface area contributed by atoms with Crippen LogP contribution in [0, 0.1) is 13.8 Å². The number of anilines is 1. The number of hydrogen-bond donors (Lipinski definition) is 1. The molecule has 0 bridgehead atoms. The van der Waals surface area contributed by atoms with Crippen LogP contribution >= 0.6 is 0 Å². The van der Waals surface area contributed by atoms with E-state index in [-0.39, 0.29) is 0 Å². The fraction of sp³-hybridized carbons (Fsp3) is 0.500. The summed E-state index contributed by atoms with van der Waals surface area (Å²) in [5.74, 6) is 1.08. The summed E-state index contributed by atoms with van der Waals surface area (Å²) in [5.41, 5.74) is 3.43. The predicted molar refractivity (Wildman–Crippen MR) is 77.6 cm³/mol. The van der Waals surface area contributed by atoms with Crippen molar-refractivity contribution in [1.82, 2.24) is 25.1 Å². The second-order valence-corrected chi connectivity index (χ2v) is 5.25. The van der Waals surface area contributed by atoms with E-state index < -0.39 is 0 Å². The van der Waals surface area contributed by atoms with E-state index in [0.717, 1.165) is 44.2 Å². The molecule has 3 rings (SSSR count). The maximum atomic E-state index is 4.44. The van der Waals surface area contributed by atoms with Crippen molar-refractivity contribution in [3.05, 3.63) is 35.5 Å². The zero-order valence-corrected chi connectivity index (χ0v) is 12.0. The lowest BCUT2D eigenvalue weighted by atomic mass is 10.2. The normalized spacial score (nSPS) is 16.6. The number of H-pyrrole nitrogens is 1. The second kappa shape index (κ2) is 5.58. The van der Waals surface area contributed by atoms with Crippen LogP contribution in [0.3, 0.4) is 0 Å². The summed E-state index contributed by atoms with van der Waals surface area (Å²) in [5, 5.41) is 7.01. The highest BCUT2D eigenvalue weighted by atomic mass is 15.3. The highest BCUT2D eigenvalue weighted by molar-refractivity contribution is 5.47. The van der Waals surface area contributed by atoms with Gasteiger partial charge in [-0.2, -0.15) is 5.10 Å². The third kappa shape index (κ3) is 2.65. The van der Waals surface area contributed by atoms with Gasteiger partial charge in [0.05, 0.1) is 0 Å². The van der Waals surface area contributed by atoms with E-state index in [0.29, 0.717) is 0 Å². The first kappa shape index (κ1) is 13.1. The van der Waals surface area contributed by atoms with Crippen LogP contribution in [0.5, 0.6) is 0 Å². The van der Waals surface area contributed by atoms with Crippen molar-refractivity contribution in [3.8, 4) is 0 Å². The lowest BCUT2D eigenvalue weighted by Gasteiger charge is -2.35. The lowest BCUT2D eigenvalue weighted by Crippen LogP contribution is -2.46. The van der Waals surface area contributed by atoms with Crippen LogP contribution in [0.4, 0.5) is 5.82 Å². The number of nitrogens with one attached hydrogen (secondary N) is 1. The first-order valence-electron chi connectivity index (χ1n) is 6.98. The number of aromatic amines is 1. The van der Waals surface area contributed by atoms with Crippen LogP contribution in [0.25, 0.3) is 0 Å². The van der Waals surface area contributed by atoms with Gasteiger partial charge in [-0.25, -0.2) is 9.97 Å². The minimum atomic E-state index is 0.940. The standard InChI is InChI=1S/C14H20N6/c1-11-12(2)15-10-16-14(11)20-7-5-19(6-8-20)9-13-3-4-17-18-13/h3-4,10H,5-9H2,1-2H3,(H,17,18). The van der Waals surface area contributed by atoms with Crippen LogP contribution < -0.4 is 4.90 Å².